The molecule has 3 heteroatoms. The number of benzene rings is 1. The van der Waals surface area contributed by atoms with Gasteiger partial charge in [-0.05, 0) is 57.7 Å². The van der Waals surface area contributed by atoms with Crippen LogP contribution in [0.1, 0.15) is 39.2 Å². The Kier molecular flexibility index (Phi) is 5.04. The van der Waals surface area contributed by atoms with Gasteiger partial charge in [-0.15, -0.1) is 0 Å². The Hall–Kier alpha value is -0.380. The van der Waals surface area contributed by atoms with Crippen molar-refractivity contribution in [1.29, 1.82) is 0 Å². The van der Waals surface area contributed by atoms with Gasteiger partial charge >= 0.3 is 0 Å². The lowest BCUT2D eigenvalue weighted by molar-refractivity contribution is -0.0639. The lowest BCUT2D eigenvalue weighted by atomic mass is 9.93. The van der Waals surface area contributed by atoms with Crippen molar-refractivity contribution in [3.63, 3.8) is 0 Å². The van der Waals surface area contributed by atoms with Gasteiger partial charge in [0.2, 0.25) is 0 Å². The maximum atomic E-state index is 5.76. The van der Waals surface area contributed by atoms with Crippen molar-refractivity contribution in [1.82, 2.24) is 5.32 Å². The van der Waals surface area contributed by atoms with E-state index in [-0.39, 0.29) is 5.60 Å². The highest BCUT2D eigenvalue weighted by molar-refractivity contribution is 9.10. The Labute approximate surface area is 125 Å². The second kappa shape index (κ2) is 6.38. The first-order valence-corrected chi connectivity index (χ1v) is 7.88. The molecule has 106 valence electrons. The summed E-state index contributed by atoms with van der Waals surface area (Å²) in [7, 11) is 0. The fraction of sp³-hybridized carbons (Fsp3) is 0.625. The summed E-state index contributed by atoms with van der Waals surface area (Å²) < 4.78 is 6.91. The highest BCUT2D eigenvalue weighted by Crippen LogP contribution is 2.24. The molecule has 19 heavy (non-hydrogen) atoms. The van der Waals surface area contributed by atoms with E-state index in [4.69, 9.17) is 4.74 Å². The zero-order valence-corrected chi connectivity index (χ0v) is 13.7. The second-order valence-corrected chi connectivity index (χ2v) is 7.11. The third-order valence-corrected chi connectivity index (χ3v) is 4.20. The summed E-state index contributed by atoms with van der Waals surface area (Å²) in [5.41, 5.74) is 1.40. The lowest BCUT2D eigenvalue weighted by Crippen LogP contribution is -2.47. The van der Waals surface area contributed by atoms with E-state index in [1.54, 1.807) is 0 Å². The first-order chi connectivity index (χ1) is 8.94. The molecular formula is C16H24BrNO. The average Bonchev–Trinajstić information content (AvgIpc) is 2.30. The molecule has 1 saturated heterocycles. The lowest BCUT2D eigenvalue weighted by Gasteiger charge is -2.37. The van der Waals surface area contributed by atoms with Gasteiger partial charge in [0.25, 0.3) is 0 Å². The molecule has 1 aliphatic heterocycles. The van der Waals surface area contributed by atoms with Crippen molar-refractivity contribution in [2.45, 2.75) is 57.7 Å². The summed E-state index contributed by atoms with van der Waals surface area (Å²) in [4.78, 5) is 0. The van der Waals surface area contributed by atoms with Crippen molar-refractivity contribution in [2.24, 2.45) is 0 Å². The minimum atomic E-state index is 0.0211. The Morgan fingerprint density at radius 2 is 2.05 bits per heavy atom. The van der Waals surface area contributed by atoms with Gasteiger partial charge in [-0.2, -0.15) is 0 Å². The Morgan fingerprint density at radius 3 is 2.68 bits per heavy atom. The minimum absolute atomic E-state index is 0.0211. The fourth-order valence-electron chi connectivity index (χ4n) is 2.81. The minimum Gasteiger partial charge on any atom is -0.375 e. The maximum Gasteiger partial charge on any atom is 0.0641 e. The smallest absolute Gasteiger partial charge is 0.0641 e. The Balaban J connectivity index is 1.84. The molecule has 0 saturated carbocycles. The van der Waals surface area contributed by atoms with E-state index in [1.165, 1.54) is 5.56 Å². The van der Waals surface area contributed by atoms with Crippen molar-refractivity contribution in [2.75, 3.05) is 6.61 Å². The molecule has 2 unspecified atom stereocenters. The van der Waals surface area contributed by atoms with Gasteiger partial charge in [0, 0.05) is 23.2 Å². The molecule has 1 N–H and O–H groups in total. The first-order valence-electron chi connectivity index (χ1n) is 7.09. The van der Waals surface area contributed by atoms with Crippen LogP contribution in [0.2, 0.25) is 0 Å². The summed E-state index contributed by atoms with van der Waals surface area (Å²) in [6.45, 7) is 7.50. The largest absolute Gasteiger partial charge is 0.375 e. The van der Waals surface area contributed by atoms with Crippen LogP contribution in [0.25, 0.3) is 0 Å². The molecule has 0 spiro atoms. The molecule has 0 aromatic heterocycles. The molecule has 0 amide bonds. The van der Waals surface area contributed by atoms with Gasteiger partial charge in [-0.3, -0.25) is 0 Å². The van der Waals surface area contributed by atoms with E-state index in [2.05, 4.69) is 66.3 Å². The first kappa shape index (κ1) is 15.0. The third-order valence-electron chi connectivity index (χ3n) is 3.67. The van der Waals surface area contributed by atoms with Crippen LogP contribution in [0, 0.1) is 0 Å². The quantitative estimate of drug-likeness (QED) is 0.905. The van der Waals surface area contributed by atoms with E-state index < -0.39 is 0 Å². The standard InChI is InChI=1S/C16H24BrNO/c1-12(10-13-4-6-14(17)7-5-13)18-15-8-9-19-16(2,3)11-15/h4-7,12,15,18H,8-11H2,1-3H3. The van der Waals surface area contributed by atoms with Gasteiger partial charge in [0.1, 0.15) is 0 Å². The fourth-order valence-corrected chi connectivity index (χ4v) is 3.07. The topological polar surface area (TPSA) is 21.3 Å². The number of ether oxygens (including phenoxy) is 1. The molecule has 0 radical (unpaired) electrons. The zero-order valence-electron chi connectivity index (χ0n) is 12.1. The van der Waals surface area contributed by atoms with Gasteiger partial charge in [-0.1, -0.05) is 28.1 Å². The van der Waals surface area contributed by atoms with Crippen LogP contribution in [-0.2, 0) is 11.2 Å². The number of rotatable bonds is 4. The van der Waals surface area contributed by atoms with Crippen LogP contribution in [0.3, 0.4) is 0 Å². The molecule has 1 fully saturated rings. The Morgan fingerprint density at radius 1 is 1.37 bits per heavy atom. The molecule has 2 nitrogen and oxygen atoms in total. The van der Waals surface area contributed by atoms with Crippen LogP contribution in [0.5, 0.6) is 0 Å². The van der Waals surface area contributed by atoms with Gasteiger partial charge < -0.3 is 10.1 Å². The molecule has 2 rings (SSSR count). The highest BCUT2D eigenvalue weighted by Gasteiger charge is 2.29. The van der Waals surface area contributed by atoms with Crippen molar-refractivity contribution < 1.29 is 4.74 Å². The molecule has 1 aromatic rings. The summed E-state index contributed by atoms with van der Waals surface area (Å²) in [5, 5.41) is 3.75. The normalized spacial score (nSPS) is 24.1. The van der Waals surface area contributed by atoms with E-state index in [1.807, 2.05) is 0 Å². The summed E-state index contributed by atoms with van der Waals surface area (Å²) in [6.07, 6.45) is 3.29. The molecular weight excluding hydrogens is 302 g/mol. The summed E-state index contributed by atoms with van der Waals surface area (Å²) >= 11 is 3.47. The monoisotopic (exact) mass is 325 g/mol. The van der Waals surface area contributed by atoms with E-state index in [0.717, 1.165) is 30.3 Å². The molecule has 1 aliphatic rings. The molecule has 0 aliphatic carbocycles. The van der Waals surface area contributed by atoms with Crippen LogP contribution < -0.4 is 5.32 Å². The van der Waals surface area contributed by atoms with Crippen LogP contribution in [0.15, 0.2) is 28.7 Å². The Bertz CT molecular complexity index is 402. The molecule has 1 aromatic carbocycles. The molecule has 2 atom stereocenters. The van der Waals surface area contributed by atoms with Crippen LogP contribution in [0.4, 0.5) is 0 Å². The number of halogens is 1. The van der Waals surface area contributed by atoms with Crippen molar-refractivity contribution in [3.8, 4) is 0 Å². The number of hydrogen-bond donors (Lipinski definition) is 1. The predicted molar refractivity (Wildman–Crippen MR) is 83.5 cm³/mol. The molecule has 1 heterocycles. The number of nitrogens with one attached hydrogen (secondary N) is 1. The van der Waals surface area contributed by atoms with Gasteiger partial charge in [0.05, 0.1) is 5.60 Å². The third kappa shape index (κ3) is 4.90. The van der Waals surface area contributed by atoms with Crippen LogP contribution >= 0.6 is 15.9 Å². The van der Waals surface area contributed by atoms with Crippen molar-refractivity contribution in [3.05, 3.63) is 34.3 Å². The predicted octanol–water partition coefficient (Wildman–Crippen LogP) is 3.93. The van der Waals surface area contributed by atoms with Gasteiger partial charge in [0.15, 0.2) is 0 Å². The SMILES string of the molecule is CC(Cc1ccc(Br)cc1)NC1CCOC(C)(C)C1. The zero-order chi connectivity index (χ0) is 13.9. The maximum absolute atomic E-state index is 5.76. The second-order valence-electron chi connectivity index (χ2n) is 6.20. The van der Waals surface area contributed by atoms with Crippen molar-refractivity contribution >= 4 is 15.9 Å². The number of hydrogen-bond acceptors (Lipinski definition) is 2. The van der Waals surface area contributed by atoms with Crippen LogP contribution in [-0.4, -0.2) is 24.3 Å². The summed E-state index contributed by atoms with van der Waals surface area (Å²) in [6, 6.07) is 9.68. The van der Waals surface area contributed by atoms with Gasteiger partial charge in [-0.25, -0.2) is 0 Å². The highest BCUT2D eigenvalue weighted by atomic mass is 79.9. The van der Waals surface area contributed by atoms with E-state index >= 15 is 0 Å². The molecule has 0 bridgehead atoms. The van der Waals surface area contributed by atoms with E-state index in [9.17, 15) is 0 Å². The van der Waals surface area contributed by atoms with E-state index in [0.29, 0.717) is 12.1 Å². The summed E-state index contributed by atoms with van der Waals surface area (Å²) in [5.74, 6) is 0. The average molecular weight is 326 g/mol.